The van der Waals surface area contributed by atoms with Crippen molar-refractivity contribution in [1.29, 1.82) is 0 Å². The highest BCUT2D eigenvalue weighted by Crippen LogP contribution is 2.28. The first kappa shape index (κ1) is 13.8. The van der Waals surface area contributed by atoms with Crippen LogP contribution in [-0.4, -0.2) is 12.6 Å². The fourth-order valence-corrected chi connectivity index (χ4v) is 1.90. The molecule has 0 aliphatic rings. The fourth-order valence-electron chi connectivity index (χ4n) is 1.90. The van der Waals surface area contributed by atoms with Crippen molar-refractivity contribution >= 4 is 11.4 Å². The van der Waals surface area contributed by atoms with Crippen LogP contribution in [0.4, 0.5) is 15.8 Å². The molecule has 2 nitrogen and oxygen atoms in total. The van der Waals surface area contributed by atoms with Crippen molar-refractivity contribution in [2.45, 2.75) is 46.1 Å². The first-order valence-electron chi connectivity index (χ1n) is 6.42. The molecule has 0 aliphatic heterocycles. The number of unbranched alkanes of at least 4 members (excludes halogenated alkanes) is 1. The molecule has 0 radical (unpaired) electrons. The van der Waals surface area contributed by atoms with Crippen LogP contribution < -0.4 is 10.6 Å². The molecule has 0 bridgehead atoms. The van der Waals surface area contributed by atoms with E-state index in [9.17, 15) is 4.39 Å². The lowest BCUT2D eigenvalue weighted by molar-refractivity contribution is 0.591. The topological polar surface area (TPSA) is 29.3 Å². The van der Waals surface area contributed by atoms with Gasteiger partial charge in [-0.1, -0.05) is 26.3 Å². The van der Waals surface area contributed by atoms with E-state index in [1.807, 2.05) is 6.07 Å². The van der Waals surface area contributed by atoms with Gasteiger partial charge in [-0.25, -0.2) is 4.39 Å². The number of hydrogen-bond donors (Lipinski definition) is 1. The normalized spacial score (nSPS) is 12.5. The van der Waals surface area contributed by atoms with E-state index < -0.39 is 0 Å². The van der Waals surface area contributed by atoms with Gasteiger partial charge in [0, 0.05) is 12.6 Å². The van der Waals surface area contributed by atoms with E-state index in [-0.39, 0.29) is 11.5 Å². The molecule has 0 aromatic heterocycles. The van der Waals surface area contributed by atoms with Crippen molar-refractivity contribution in [3.8, 4) is 0 Å². The second-order valence-corrected chi connectivity index (χ2v) is 4.48. The van der Waals surface area contributed by atoms with Crippen LogP contribution in [0.15, 0.2) is 18.2 Å². The minimum atomic E-state index is -0.327. The van der Waals surface area contributed by atoms with Crippen molar-refractivity contribution in [2.75, 3.05) is 17.2 Å². The monoisotopic (exact) mass is 238 g/mol. The number of nitrogens with two attached hydrogens (primary N) is 1. The average Bonchev–Trinajstić information content (AvgIpc) is 2.34. The van der Waals surface area contributed by atoms with Crippen molar-refractivity contribution < 1.29 is 4.39 Å². The number of nitrogens with zero attached hydrogens (tertiary/aromatic N) is 1. The molecule has 0 heterocycles. The highest BCUT2D eigenvalue weighted by atomic mass is 19.1. The Bertz CT molecular complexity index is 352. The Morgan fingerprint density at radius 3 is 2.65 bits per heavy atom. The summed E-state index contributed by atoms with van der Waals surface area (Å²) >= 11 is 0. The van der Waals surface area contributed by atoms with E-state index in [0.717, 1.165) is 31.5 Å². The van der Waals surface area contributed by atoms with E-state index >= 15 is 0 Å². The summed E-state index contributed by atoms with van der Waals surface area (Å²) < 4.78 is 13.5. The van der Waals surface area contributed by atoms with Gasteiger partial charge in [0.1, 0.15) is 5.82 Å². The van der Waals surface area contributed by atoms with Gasteiger partial charge in [-0.2, -0.15) is 0 Å². The maximum Gasteiger partial charge on any atom is 0.148 e. The third kappa shape index (κ3) is 3.35. The lowest BCUT2D eigenvalue weighted by Gasteiger charge is -2.31. The van der Waals surface area contributed by atoms with Gasteiger partial charge in [0.25, 0.3) is 0 Å². The van der Waals surface area contributed by atoms with Crippen molar-refractivity contribution in [3.63, 3.8) is 0 Å². The van der Waals surface area contributed by atoms with Gasteiger partial charge in [-0.3, -0.25) is 0 Å². The number of rotatable bonds is 6. The Labute approximate surface area is 104 Å². The summed E-state index contributed by atoms with van der Waals surface area (Å²) in [5.41, 5.74) is 6.93. The van der Waals surface area contributed by atoms with Gasteiger partial charge < -0.3 is 10.6 Å². The maximum absolute atomic E-state index is 13.5. The number of para-hydroxylation sites is 1. The number of nitrogen functional groups attached to an aromatic ring is 1. The molecule has 0 aliphatic carbocycles. The molecule has 1 unspecified atom stereocenters. The molecular formula is C14H23FN2. The molecule has 0 amide bonds. The quantitative estimate of drug-likeness (QED) is 0.763. The summed E-state index contributed by atoms with van der Waals surface area (Å²) in [6, 6.07) is 5.42. The lowest BCUT2D eigenvalue weighted by Crippen LogP contribution is -2.34. The van der Waals surface area contributed by atoms with Crippen LogP contribution >= 0.6 is 0 Å². The Morgan fingerprint density at radius 2 is 2.06 bits per heavy atom. The average molecular weight is 238 g/mol. The highest BCUT2D eigenvalue weighted by molar-refractivity contribution is 5.68. The third-order valence-corrected chi connectivity index (χ3v) is 3.21. The van der Waals surface area contributed by atoms with Gasteiger partial charge >= 0.3 is 0 Å². The second kappa shape index (κ2) is 6.48. The number of anilines is 2. The summed E-state index contributed by atoms with van der Waals surface area (Å²) in [6.07, 6.45) is 3.25. The van der Waals surface area contributed by atoms with Gasteiger partial charge in [-0.15, -0.1) is 0 Å². The molecule has 3 heteroatoms. The van der Waals surface area contributed by atoms with E-state index in [2.05, 4.69) is 25.7 Å². The lowest BCUT2D eigenvalue weighted by atomic mass is 10.1. The van der Waals surface area contributed by atoms with Crippen LogP contribution in [0.3, 0.4) is 0 Å². The third-order valence-electron chi connectivity index (χ3n) is 3.21. The first-order chi connectivity index (χ1) is 8.11. The van der Waals surface area contributed by atoms with E-state index in [1.165, 1.54) is 6.07 Å². The molecule has 17 heavy (non-hydrogen) atoms. The van der Waals surface area contributed by atoms with Crippen LogP contribution in [-0.2, 0) is 0 Å². The van der Waals surface area contributed by atoms with Crippen LogP contribution in [0, 0.1) is 5.82 Å². The molecule has 0 fully saturated rings. The number of hydrogen-bond acceptors (Lipinski definition) is 2. The summed E-state index contributed by atoms with van der Waals surface area (Å²) in [6.45, 7) is 7.38. The Hall–Kier alpha value is -1.25. The van der Waals surface area contributed by atoms with Crippen LogP contribution in [0.25, 0.3) is 0 Å². The molecule has 0 saturated carbocycles. The van der Waals surface area contributed by atoms with Crippen LogP contribution in [0.5, 0.6) is 0 Å². The predicted molar refractivity (Wildman–Crippen MR) is 72.8 cm³/mol. The molecule has 0 spiro atoms. The first-order valence-corrected chi connectivity index (χ1v) is 6.42. The van der Waals surface area contributed by atoms with Crippen molar-refractivity contribution in [3.05, 3.63) is 24.0 Å². The highest BCUT2D eigenvalue weighted by Gasteiger charge is 2.16. The summed E-state index contributed by atoms with van der Waals surface area (Å²) in [5.74, 6) is -0.327. The van der Waals surface area contributed by atoms with Crippen LogP contribution in [0.1, 0.15) is 40.0 Å². The maximum atomic E-state index is 13.5. The Balaban J connectivity index is 2.99. The zero-order valence-electron chi connectivity index (χ0n) is 11.0. The Morgan fingerprint density at radius 1 is 1.35 bits per heavy atom. The smallest absolute Gasteiger partial charge is 0.148 e. The van der Waals surface area contributed by atoms with Gasteiger partial charge in [0.2, 0.25) is 0 Å². The molecule has 2 N–H and O–H groups in total. The van der Waals surface area contributed by atoms with E-state index in [1.54, 1.807) is 6.07 Å². The zero-order chi connectivity index (χ0) is 12.8. The molecule has 1 rings (SSSR count). The van der Waals surface area contributed by atoms with Crippen LogP contribution in [0.2, 0.25) is 0 Å². The minimum Gasteiger partial charge on any atom is -0.395 e. The summed E-state index contributed by atoms with van der Waals surface area (Å²) in [5, 5.41) is 0. The SMILES string of the molecule is CCCCN(c1cccc(F)c1N)C(C)CC. The molecule has 1 aromatic carbocycles. The standard InChI is InChI=1S/C14H23FN2/c1-4-6-10-17(11(3)5-2)13-9-7-8-12(15)14(13)16/h7-9,11H,4-6,10,16H2,1-3H3. The molecule has 1 atom stereocenters. The molecule has 1 aromatic rings. The van der Waals surface area contributed by atoms with Gasteiger partial charge in [0.05, 0.1) is 11.4 Å². The number of benzene rings is 1. The van der Waals surface area contributed by atoms with Gasteiger partial charge in [0.15, 0.2) is 0 Å². The summed E-state index contributed by atoms with van der Waals surface area (Å²) in [4.78, 5) is 2.21. The van der Waals surface area contributed by atoms with Crippen molar-refractivity contribution in [1.82, 2.24) is 0 Å². The largest absolute Gasteiger partial charge is 0.395 e. The zero-order valence-corrected chi connectivity index (χ0v) is 11.0. The second-order valence-electron chi connectivity index (χ2n) is 4.48. The van der Waals surface area contributed by atoms with E-state index in [0.29, 0.717) is 6.04 Å². The predicted octanol–water partition coefficient (Wildman–Crippen LogP) is 3.81. The Kier molecular flexibility index (Phi) is 5.26. The van der Waals surface area contributed by atoms with Crippen molar-refractivity contribution in [2.24, 2.45) is 0 Å². The fraction of sp³-hybridized carbons (Fsp3) is 0.571. The molecule has 0 saturated heterocycles. The minimum absolute atomic E-state index is 0.268. The molecular weight excluding hydrogens is 215 g/mol. The van der Waals surface area contributed by atoms with E-state index in [4.69, 9.17) is 5.73 Å². The molecule has 96 valence electrons. The summed E-state index contributed by atoms with van der Waals surface area (Å²) in [7, 11) is 0. The number of halogens is 1. The van der Waals surface area contributed by atoms with Gasteiger partial charge in [-0.05, 0) is 31.9 Å².